The molecule has 1 N–H and O–H groups in total. The van der Waals surface area contributed by atoms with E-state index in [2.05, 4.69) is 18.3 Å². The average molecular weight is 263 g/mol. The molecule has 1 aliphatic heterocycles. The number of nitrogens with zero attached hydrogens (tertiary/aromatic N) is 2. The van der Waals surface area contributed by atoms with Gasteiger partial charge in [-0.1, -0.05) is 6.42 Å². The number of aromatic nitrogens is 2. The van der Waals surface area contributed by atoms with Gasteiger partial charge in [0.1, 0.15) is 11.6 Å². The van der Waals surface area contributed by atoms with Gasteiger partial charge in [-0.05, 0) is 38.4 Å². The van der Waals surface area contributed by atoms with Crippen LogP contribution in [0.3, 0.4) is 0 Å². The predicted octanol–water partition coefficient (Wildman–Crippen LogP) is 3.74. The number of anilines is 1. The first-order valence-corrected chi connectivity index (χ1v) is 8.16. The molecule has 1 aliphatic carbocycles. The van der Waals surface area contributed by atoms with Crippen molar-refractivity contribution in [2.75, 3.05) is 17.6 Å². The third kappa shape index (κ3) is 2.79. The molecule has 0 aromatic carbocycles. The van der Waals surface area contributed by atoms with Gasteiger partial charge in [-0.15, -0.1) is 0 Å². The minimum Gasteiger partial charge on any atom is -0.370 e. The molecule has 0 bridgehead atoms. The fourth-order valence-electron chi connectivity index (χ4n) is 2.43. The minimum absolute atomic E-state index is 0.523. The Kier molecular flexibility index (Phi) is 3.73. The third-order valence-corrected chi connectivity index (χ3v) is 4.96. The fourth-order valence-corrected chi connectivity index (χ4v) is 3.68. The molecule has 98 valence electrons. The summed E-state index contributed by atoms with van der Waals surface area (Å²) in [5.41, 5.74) is 1.27. The first-order chi connectivity index (χ1) is 8.86. The summed E-state index contributed by atoms with van der Waals surface area (Å²) in [6.45, 7) is 3.05. The van der Waals surface area contributed by atoms with E-state index >= 15 is 0 Å². The van der Waals surface area contributed by atoms with Gasteiger partial charge in [-0.3, -0.25) is 0 Å². The highest BCUT2D eigenvalue weighted by Gasteiger charge is 2.28. The normalized spacial score (nSPS) is 23.9. The SMILES string of the molecule is CCNc1cc(C2CC2)nc(C2CCCCS2)n1. The standard InChI is InChI=1S/C14H21N3S/c1-2-15-13-9-11(10-6-7-10)16-14(17-13)12-5-3-4-8-18-12/h9-10,12H,2-8H2,1H3,(H,15,16,17). The Morgan fingerprint density at radius 2 is 2.17 bits per heavy atom. The van der Waals surface area contributed by atoms with Crippen LogP contribution < -0.4 is 5.32 Å². The number of thioether (sulfide) groups is 1. The molecule has 3 rings (SSSR count). The topological polar surface area (TPSA) is 37.8 Å². The molecule has 1 aromatic rings. The molecule has 0 spiro atoms. The van der Waals surface area contributed by atoms with Crippen molar-refractivity contribution in [3.8, 4) is 0 Å². The van der Waals surface area contributed by atoms with Crippen LogP contribution in [0.25, 0.3) is 0 Å². The molecule has 2 aliphatic rings. The van der Waals surface area contributed by atoms with Crippen molar-refractivity contribution in [3.63, 3.8) is 0 Å². The third-order valence-electron chi connectivity index (χ3n) is 3.58. The van der Waals surface area contributed by atoms with Crippen LogP contribution in [-0.4, -0.2) is 22.3 Å². The molecule has 1 aromatic heterocycles. The lowest BCUT2D eigenvalue weighted by Gasteiger charge is -2.21. The van der Waals surface area contributed by atoms with Gasteiger partial charge in [0.25, 0.3) is 0 Å². The molecule has 2 heterocycles. The molecule has 1 saturated carbocycles. The second kappa shape index (κ2) is 5.47. The van der Waals surface area contributed by atoms with E-state index in [0.717, 1.165) is 18.2 Å². The Labute approximate surface area is 113 Å². The first-order valence-electron chi connectivity index (χ1n) is 7.11. The molecule has 3 nitrogen and oxygen atoms in total. The van der Waals surface area contributed by atoms with Crippen LogP contribution in [0, 0.1) is 0 Å². The number of hydrogen-bond donors (Lipinski definition) is 1. The highest BCUT2D eigenvalue weighted by atomic mass is 32.2. The van der Waals surface area contributed by atoms with Gasteiger partial charge < -0.3 is 5.32 Å². The average Bonchev–Trinajstić information content (AvgIpc) is 3.24. The zero-order valence-corrected chi connectivity index (χ0v) is 11.8. The minimum atomic E-state index is 0.523. The van der Waals surface area contributed by atoms with Crippen molar-refractivity contribution in [1.29, 1.82) is 0 Å². The summed E-state index contributed by atoms with van der Waals surface area (Å²) in [6, 6.07) is 2.15. The Morgan fingerprint density at radius 3 is 2.83 bits per heavy atom. The largest absolute Gasteiger partial charge is 0.370 e. The summed E-state index contributed by atoms with van der Waals surface area (Å²) in [7, 11) is 0. The maximum absolute atomic E-state index is 4.83. The molecule has 18 heavy (non-hydrogen) atoms. The van der Waals surface area contributed by atoms with Crippen LogP contribution in [0.2, 0.25) is 0 Å². The van der Waals surface area contributed by atoms with Crippen molar-refractivity contribution >= 4 is 17.6 Å². The van der Waals surface area contributed by atoms with Crippen LogP contribution >= 0.6 is 11.8 Å². The van der Waals surface area contributed by atoms with Crippen LogP contribution in [0.1, 0.15) is 61.7 Å². The predicted molar refractivity (Wildman–Crippen MR) is 77.2 cm³/mol. The first kappa shape index (κ1) is 12.3. The van der Waals surface area contributed by atoms with Crippen LogP contribution in [-0.2, 0) is 0 Å². The summed E-state index contributed by atoms with van der Waals surface area (Å²) in [4.78, 5) is 9.54. The van der Waals surface area contributed by atoms with Crippen LogP contribution in [0.5, 0.6) is 0 Å². The fraction of sp³-hybridized carbons (Fsp3) is 0.714. The quantitative estimate of drug-likeness (QED) is 0.898. The van der Waals surface area contributed by atoms with E-state index in [0.29, 0.717) is 11.2 Å². The van der Waals surface area contributed by atoms with E-state index in [4.69, 9.17) is 9.97 Å². The molecule has 1 unspecified atom stereocenters. The van der Waals surface area contributed by atoms with Crippen molar-refractivity contribution < 1.29 is 0 Å². The zero-order valence-electron chi connectivity index (χ0n) is 11.0. The maximum Gasteiger partial charge on any atom is 0.143 e. The van der Waals surface area contributed by atoms with Gasteiger partial charge in [-0.25, -0.2) is 9.97 Å². The monoisotopic (exact) mass is 263 g/mol. The summed E-state index contributed by atoms with van der Waals surface area (Å²) in [5, 5.41) is 3.87. The number of nitrogens with one attached hydrogen (secondary N) is 1. The number of hydrogen-bond acceptors (Lipinski definition) is 4. The smallest absolute Gasteiger partial charge is 0.143 e. The molecule has 0 amide bonds. The lowest BCUT2D eigenvalue weighted by atomic mass is 10.1. The Balaban J connectivity index is 1.86. The second-order valence-corrected chi connectivity index (χ2v) is 6.51. The summed E-state index contributed by atoms with van der Waals surface area (Å²) < 4.78 is 0. The number of rotatable bonds is 4. The van der Waals surface area contributed by atoms with Crippen molar-refractivity contribution in [2.24, 2.45) is 0 Å². The molecule has 4 heteroatoms. The lowest BCUT2D eigenvalue weighted by molar-refractivity contribution is 0.659. The summed E-state index contributed by atoms with van der Waals surface area (Å²) in [5.74, 6) is 4.06. The molecule has 2 fully saturated rings. The summed E-state index contributed by atoms with van der Waals surface area (Å²) in [6.07, 6.45) is 6.53. The molecular weight excluding hydrogens is 242 g/mol. The zero-order chi connectivity index (χ0) is 12.4. The molecule has 1 saturated heterocycles. The highest BCUT2D eigenvalue weighted by Crippen LogP contribution is 2.42. The van der Waals surface area contributed by atoms with Gasteiger partial charge in [0, 0.05) is 24.2 Å². The second-order valence-electron chi connectivity index (χ2n) is 5.20. The van der Waals surface area contributed by atoms with E-state index in [9.17, 15) is 0 Å². The van der Waals surface area contributed by atoms with Crippen molar-refractivity contribution in [2.45, 2.75) is 50.2 Å². The maximum atomic E-state index is 4.83. The Morgan fingerprint density at radius 1 is 1.28 bits per heavy atom. The van der Waals surface area contributed by atoms with E-state index in [1.807, 2.05) is 11.8 Å². The van der Waals surface area contributed by atoms with Gasteiger partial charge in [0.2, 0.25) is 0 Å². The highest BCUT2D eigenvalue weighted by molar-refractivity contribution is 7.99. The van der Waals surface area contributed by atoms with Crippen molar-refractivity contribution in [3.05, 3.63) is 17.6 Å². The Hall–Kier alpha value is -0.770. The van der Waals surface area contributed by atoms with Crippen LogP contribution in [0.15, 0.2) is 6.07 Å². The summed E-state index contributed by atoms with van der Waals surface area (Å²) >= 11 is 2.03. The van der Waals surface area contributed by atoms with Gasteiger partial charge >= 0.3 is 0 Å². The van der Waals surface area contributed by atoms with Gasteiger partial charge in [0.15, 0.2) is 0 Å². The van der Waals surface area contributed by atoms with Gasteiger partial charge in [-0.2, -0.15) is 11.8 Å². The Bertz CT molecular complexity index is 412. The lowest BCUT2D eigenvalue weighted by Crippen LogP contribution is -2.10. The molecular formula is C14H21N3S. The van der Waals surface area contributed by atoms with Gasteiger partial charge in [0.05, 0.1) is 5.25 Å². The van der Waals surface area contributed by atoms with E-state index < -0.39 is 0 Å². The van der Waals surface area contributed by atoms with E-state index in [-0.39, 0.29) is 0 Å². The molecule has 1 atom stereocenters. The van der Waals surface area contributed by atoms with Crippen LogP contribution in [0.4, 0.5) is 5.82 Å². The van der Waals surface area contributed by atoms with E-state index in [1.54, 1.807) is 0 Å². The molecule has 0 radical (unpaired) electrons. The van der Waals surface area contributed by atoms with E-state index in [1.165, 1.54) is 43.6 Å². The van der Waals surface area contributed by atoms with Crippen molar-refractivity contribution in [1.82, 2.24) is 9.97 Å².